The Balaban J connectivity index is 1.49. The zero-order valence-electron chi connectivity index (χ0n) is 26.5. The van der Waals surface area contributed by atoms with Crippen molar-refractivity contribution >= 4 is 50.4 Å². The lowest BCUT2D eigenvalue weighted by Crippen LogP contribution is -2.76. The Hall–Kier alpha value is -4.63. The number of amides is 2. The number of nitrogens with two attached hydrogens (primary N) is 2. The van der Waals surface area contributed by atoms with Crippen LogP contribution in [0.5, 0.6) is 5.75 Å². The van der Waals surface area contributed by atoms with Crippen molar-refractivity contribution in [1.82, 2.24) is 20.0 Å². The van der Waals surface area contributed by atoms with Gasteiger partial charge in [-0.2, -0.15) is 14.0 Å². The highest BCUT2D eigenvalue weighted by Gasteiger charge is 2.57. The number of aromatic nitrogens is 3. The molecule has 2 atom stereocenters. The molecular formula is C28H36N8O10S2. The SMILES string of the molecule is CCOC(=O)C(COc1ccc(-c2cn(CCCN)[n+](C)c2)cc1)O/N=C(\C(=O)NC1C(=O)N(OS(=O)(=O)[O-])C1(C)C)c1csc(N)n1. The lowest BCUT2D eigenvalue weighted by atomic mass is 9.84. The molecule has 48 heavy (non-hydrogen) atoms. The smallest absolute Gasteiger partial charge is 0.353 e. The van der Waals surface area contributed by atoms with Gasteiger partial charge in [-0.3, -0.25) is 9.59 Å². The Bertz CT molecular complexity index is 1770. The van der Waals surface area contributed by atoms with Gasteiger partial charge in [-0.1, -0.05) is 17.3 Å². The average Bonchev–Trinajstić information content (AvgIpc) is 3.63. The van der Waals surface area contributed by atoms with Crippen LogP contribution in [0.2, 0.25) is 0 Å². The molecule has 5 N–H and O–H groups in total. The van der Waals surface area contributed by atoms with Gasteiger partial charge in [0.1, 0.15) is 24.1 Å². The summed E-state index contributed by atoms with van der Waals surface area (Å²) in [6.45, 7) is 5.35. The molecule has 0 radical (unpaired) electrons. The van der Waals surface area contributed by atoms with Crippen molar-refractivity contribution in [2.75, 3.05) is 25.5 Å². The summed E-state index contributed by atoms with van der Waals surface area (Å²) in [7, 11) is -3.32. The average molecular weight is 709 g/mol. The highest BCUT2D eigenvalue weighted by atomic mass is 32.3. The van der Waals surface area contributed by atoms with E-state index in [0.29, 0.717) is 17.4 Å². The van der Waals surface area contributed by atoms with Crippen molar-refractivity contribution in [3.63, 3.8) is 0 Å². The molecule has 1 aliphatic heterocycles. The number of hydrogen-bond acceptors (Lipinski definition) is 15. The van der Waals surface area contributed by atoms with Gasteiger partial charge in [0.15, 0.2) is 17.9 Å². The number of anilines is 1. The van der Waals surface area contributed by atoms with E-state index >= 15 is 0 Å². The number of hydroxylamine groups is 2. The number of esters is 1. The molecule has 1 aliphatic rings. The molecule has 2 unspecified atom stereocenters. The highest BCUT2D eigenvalue weighted by Crippen LogP contribution is 2.33. The maximum atomic E-state index is 13.3. The number of nitrogens with one attached hydrogen (secondary N) is 1. The molecule has 18 nitrogen and oxygen atoms in total. The van der Waals surface area contributed by atoms with Crippen LogP contribution in [-0.2, 0) is 52.2 Å². The first-order valence-corrected chi connectivity index (χ1v) is 16.8. The van der Waals surface area contributed by atoms with E-state index in [4.69, 9.17) is 25.8 Å². The molecule has 4 rings (SSSR count). The molecule has 0 aliphatic carbocycles. The first-order chi connectivity index (χ1) is 22.6. The Labute approximate surface area is 280 Å². The molecule has 3 heterocycles. The topological polar surface area (TPSA) is 247 Å². The van der Waals surface area contributed by atoms with Gasteiger partial charge in [0.25, 0.3) is 17.9 Å². The van der Waals surface area contributed by atoms with Gasteiger partial charge in [-0.05, 0) is 51.4 Å². The minimum atomic E-state index is -5.26. The number of hydrogen-bond donors (Lipinski definition) is 3. The van der Waals surface area contributed by atoms with E-state index < -0.39 is 51.6 Å². The summed E-state index contributed by atoms with van der Waals surface area (Å²) in [5, 5.41) is 8.09. The van der Waals surface area contributed by atoms with Crippen LogP contribution < -0.4 is 26.2 Å². The molecule has 2 amide bonds. The summed E-state index contributed by atoms with van der Waals surface area (Å²) in [4.78, 5) is 48.2. The van der Waals surface area contributed by atoms with Crippen LogP contribution >= 0.6 is 11.3 Å². The summed E-state index contributed by atoms with van der Waals surface area (Å²) in [6.07, 6.45) is 3.41. The normalized spacial score (nSPS) is 16.6. The van der Waals surface area contributed by atoms with Crippen LogP contribution in [0, 0.1) is 0 Å². The summed E-state index contributed by atoms with van der Waals surface area (Å²) in [5.74, 6) is -2.41. The second-order valence-electron chi connectivity index (χ2n) is 11.0. The zero-order valence-corrected chi connectivity index (χ0v) is 28.2. The number of nitrogens with zero attached hydrogens (tertiary/aromatic N) is 5. The van der Waals surface area contributed by atoms with Crippen molar-refractivity contribution < 1.29 is 50.6 Å². The Morgan fingerprint density at radius 3 is 2.54 bits per heavy atom. The molecule has 1 fully saturated rings. The first kappa shape index (κ1) is 36.2. The standard InChI is InChI=1S/C28H36N8O10S2/c1-5-43-26(39)21(15-44-19-9-7-17(8-10-19)18-13-34(4)35(14-18)12-6-11-29)45-33-22(20-16-47-27(30)31-20)24(37)32-23-25(38)36(28(23,2)3)46-48(40,41)42/h7-10,13-14,16,21,23H,5-6,11-12,15,29H2,1-4H3,(H3-,30,31,32,37,40,41,42)/b33-22-. The van der Waals surface area contributed by atoms with E-state index in [2.05, 4.69) is 24.4 Å². The third-order valence-corrected chi connectivity index (χ3v) is 8.12. The summed E-state index contributed by atoms with van der Waals surface area (Å²) in [6, 6.07) is 5.82. The van der Waals surface area contributed by atoms with E-state index in [1.54, 1.807) is 19.1 Å². The Morgan fingerprint density at radius 1 is 1.25 bits per heavy atom. The molecule has 0 spiro atoms. The number of benzene rings is 1. The minimum absolute atomic E-state index is 0.0198. The molecule has 260 valence electrons. The van der Waals surface area contributed by atoms with Gasteiger partial charge < -0.3 is 35.6 Å². The van der Waals surface area contributed by atoms with E-state index in [0.717, 1.165) is 35.4 Å². The lowest BCUT2D eigenvalue weighted by Gasteiger charge is -2.51. The van der Waals surface area contributed by atoms with Gasteiger partial charge in [0.2, 0.25) is 16.6 Å². The highest BCUT2D eigenvalue weighted by molar-refractivity contribution is 7.80. The number of aryl methyl sites for hydroxylation is 2. The zero-order chi connectivity index (χ0) is 35.2. The summed E-state index contributed by atoms with van der Waals surface area (Å²) < 4.78 is 52.2. The van der Waals surface area contributed by atoms with E-state index in [1.807, 2.05) is 36.3 Å². The van der Waals surface area contributed by atoms with Crippen LogP contribution in [0.4, 0.5) is 5.13 Å². The number of carbonyl (C=O) groups excluding carboxylic acids is 3. The van der Waals surface area contributed by atoms with E-state index in [1.165, 1.54) is 19.2 Å². The number of rotatable bonds is 16. The lowest BCUT2D eigenvalue weighted by molar-refractivity contribution is -0.753. The Morgan fingerprint density at radius 2 is 1.96 bits per heavy atom. The third-order valence-electron chi connectivity index (χ3n) is 7.12. The molecule has 0 bridgehead atoms. The monoisotopic (exact) mass is 708 g/mol. The molecular weight excluding hydrogens is 672 g/mol. The fourth-order valence-corrected chi connectivity index (χ4v) is 5.61. The Kier molecular flexibility index (Phi) is 11.4. The fourth-order valence-electron chi connectivity index (χ4n) is 4.61. The van der Waals surface area contributed by atoms with Gasteiger partial charge in [0, 0.05) is 5.38 Å². The van der Waals surface area contributed by atoms with Crippen LogP contribution in [0.3, 0.4) is 0 Å². The number of carbonyl (C=O) groups is 3. The number of oxime groups is 1. The van der Waals surface area contributed by atoms with E-state index in [9.17, 15) is 27.4 Å². The van der Waals surface area contributed by atoms with Gasteiger partial charge in [0.05, 0.1) is 30.5 Å². The van der Waals surface area contributed by atoms with Gasteiger partial charge >= 0.3 is 5.97 Å². The predicted molar refractivity (Wildman–Crippen MR) is 168 cm³/mol. The molecule has 1 aromatic carbocycles. The number of nitrogen functional groups attached to an aromatic ring is 1. The molecule has 3 aromatic rings. The van der Waals surface area contributed by atoms with Gasteiger partial charge in [-0.15, -0.1) is 16.0 Å². The molecule has 2 aromatic heterocycles. The molecule has 1 saturated heterocycles. The van der Waals surface area contributed by atoms with Gasteiger partial charge in [-0.25, -0.2) is 18.2 Å². The number of thiazole rings is 1. The minimum Gasteiger partial charge on any atom is -0.724 e. The van der Waals surface area contributed by atoms with Crippen molar-refractivity contribution in [2.45, 2.75) is 51.4 Å². The summed E-state index contributed by atoms with van der Waals surface area (Å²) >= 11 is 0.987. The van der Waals surface area contributed by atoms with Crippen LogP contribution in [0.25, 0.3) is 11.1 Å². The van der Waals surface area contributed by atoms with Crippen molar-refractivity contribution in [3.05, 3.63) is 47.7 Å². The fraction of sp³-hybridized carbons (Fsp3) is 0.429. The van der Waals surface area contributed by atoms with Crippen LogP contribution in [0.1, 0.15) is 32.9 Å². The van der Waals surface area contributed by atoms with Crippen LogP contribution in [0.15, 0.2) is 47.2 Å². The first-order valence-electron chi connectivity index (χ1n) is 14.6. The maximum Gasteiger partial charge on any atom is 0.353 e. The van der Waals surface area contributed by atoms with Crippen molar-refractivity contribution in [1.29, 1.82) is 0 Å². The van der Waals surface area contributed by atoms with Crippen molar-refractivity contribution in [3.8, 4) is 16.9 Å². The second-order valence-corrected chi connectivity index (χ2v) is 12.8. The maximum absolute atomic E-state index is 13.3. The van der Waals surface area contributed by atoms with E-state index in [-0.39, 0.29) is 24.0 Å². The molecule has 20 heteroatoms. The van der Waals surface area contributed by atoms with Crippen molar-refractivity contribution in [2.24, 2.45) is 17.9 Å². The number of ether oxygens (including phenoxy) is 2. The summed E-state index contributed by atoms with van der Waals surface area (Å²) in [5.41, 5.74) is 11.3. The molecule has 0 saturated carbocycles. The quantitative estimate of drug-likeness (QED) is 0.0326. The predicted octanol–water partition coefficient (Wildman–Crippen LogP) is -0.404. The largest absolute Gasteiger partial charge is 0.724 e. The second kappa shape index (κ2) is 15.1. The van der Waals surface area contributed by atoms with Crippen LogP contribution in [-0.4, -0.2) is 88.6 Å². The number of β-lactam (4-membered cyclic amide) rings is 1. The third kappa shape index (κ3) is 8.63.